The standard InChI is InChI=1S/C13H17Cl2FN2O2S/c1-17-8-9-4-2-3-7-18(9)21(19,20)11-6-5-10(14)13(16)12(11)15/h5-6,9,17H,2-4,7-8H2,1H3. The summed E-state index contributed by atoms with van der Waals surface area (Å²) in [5, 5.41) is 2.35. The highest BCUT2D eigenvalue weighted by Crippen LogP contribution is 2.33. The highest BCUT2D eigenvalue weighted by Gasteiger charge is 2.35. The Morgan fingerprint density at radius 2 is 2.10 bits per heavy atom. The lowest BCUT2D eigenvalue weighted by atomic mass is 10.1. The highest BCUT2D eigenvalue weighted by atomic mass is 35.5. The van der Waals surface area contributed by atoms with Gasteiger partial charge in [0.15, 0.2) is 5.82 Å². The van der Waals surface area contributed by atoms with Gasteiger partial charge >= 0.3 is 0 Å². The van der Waals surface area contributed by atoms with E-state index in [4.69, 9.17) is 23.2 Å². The first-order chi connectivity index (χ1) is 9.89. The molecule has 1 aliphatic heterocycles. The lowest BCUT2D eigenvalue weighted by Crippen LogP contribution is -2.47. The summed E-state index contributed by atoms with van der Waals surface area (Å²) in [7, 11) is -2.07. The normalized spacial score (nSPS) is 20.7. The lowest BCUT2D eigenvalue weighted by Gasteiger charge is -2.34. The molecule has 4 nitrogen and oxygen atoms in total. The molecule has 1 saturated heterocycles. The molecule has 0 spiro atoms. The molecule has 8 heteroatoms. The van der Waals surface area contributed by atoms with Crippen LogP contribution >= 0.6 is 23.2 Å². The largest absolute Gasteiger partial charge is 0.318 e. The molecule has 1 N–H and O–H groups in total. The van der Waals surface area contributed by atoms with Crippen LogP contribution in [-0.4, -0.2) is 38.9 Å². The smallest absolute Gasteiger partial charge is 0.244 e. The van der Waals surface area contributed by atoms with Crippen LogP contribution in [-0.2, 0) is 10.0 Å². The van der Waals surface area contributed by atoms with Crippen LogP contribution in [0.4, 0.5) is 4.39 Å². The number of benzene rings is 1. The average Bonchev–Trinajstić information content (AvgIpc) is 2.45. The zero-order valence-corrected chi connectivity index (χ0v) is 13.9. The Kier molecular flexibility index (Phi) is 5.48. The fourth-order valence-electron chi connectivity index (χ4n) is 2.56. The van der Waals surface area contributed by atoms with Crippen molar-refractivity contribution in [1.29, 1.82) is 0 Å². The highest BCUT2D eigenvalue weighted by molar-refractivity contribution is 7.89. The number of rotatable bonds is 4. The van der Waals surface area contributed by atoms with Crippen molar-refractivity contribution in [3.05, 3.63) is 28.0 Å². The molecule has 0 saturated carbocycles. The number of piperidine rings is 1. The van der Waals surface area contributed by atoms with Gasteiger partial charge in [0.25, 0.3) is 0 Å². The molecule has 21 heavy (non-hydrogen) atoms. The second kappa shape index (κ2) is 6.79. The van der Waals surface area contributed by atoms with E-state index in [9.17, 15) is 12.8 Å². The Morgan fingerprint density at radius 1 is 1.38 bits per heavy atom. The predicted molar refractivity (Wildman–Crippen MR) is 81.9 cm³/mol. The lowest BCUT2D eigenvalue weighted by molar-refractivity contribution is 0.249. The monoisotopic (exact) mass is 354 g/mol. The van der Waals surface area contributed by atoms with Crippen LogP contribution < -0.4 is 5.32 Å². The van der Waals surface area contributed by atoms with Crippen molar-refractivity contribution in [2.75, 3.05) is 20.1 Å². The third-order valence-corrected chi connectivity index (χ3v) is 6.37. The maximum atomic E-state index is 13.8. The number of likely N-dealkylation sites (N-methyl/N-ethyl adjacent to an activating group) is 1. The van der Waals surface area contributed by atoms with Gasteiger partial charge in [0.1, 0.15) is 4.90 Å². The molecule has 1 fully saturated rings. The Bertz CT molecular complexity index is 623. The van der Waals surface area contributed by atoms with E-state index in [1.807, 2.05) is 0 Å². The van der Waals surface area contributed by atoms with Gasteiger partial charge in [-0.25, -0.2) is 12.8 Å². The number of nitrogens with one attached hydrogen (secondary N) is 1. The van der Waals surface area contributed by atoms with E-state index in [2.05, 4.69) is 5.32 Å². The SMILES string of the molecule is CNCC1CCCCN1S(=O)(=O)c1ccc(Cl)c(F)c1Cl. The molecule has 2 rings (SSSR count). The van der Waals surface area contributed by atoms with Crippen molar-refractivity contribution in [2.24, 2.45) is 0 Å². The number of hydrogen-bond acceptors (Lipinski definition) is 3. The van der Waals surface area contributed by atoms with E-state index < -0.39 is 20.9 Å². The molecule has 0 aliphatic carbocycles. The summed E-state index contributed by atoms with van der Waals surface area (Å²) in [5.41, 5.74) is 0. The van der Waals surface area contributed by atoms with Gasteiger partial charge in [0, 0.05) is 19.1 Å². The molecule has 0 aromatic heterocycles. The summed E-state index contributed by atoms with van der Waals surface area (Å²) in [6, 6.07) is 2.32. The third kappa shape index (κ3) is 3.35. The van der Waals surface area contributed by atoms with Crippen LogP contribution in [0.5, 0.6) is 0 Å². The van der Waals surface area contributed by atoms with Gasteiger partial charge in [-0.1, -0.05) is 29.6 Å². The maximum Gasteiger partial charge on any atom is 0.244 e. The third-order valence-electron chi connectivity index (χ3n) is 3.60. The van der Waals surface area contributed by atoms with Crippen molar-refractivity contribution in [2.45, 2.75) is 30.2 Å². The number of hydrogen-bond donors (Lipinski definition) is 1. The summed E-state index contributed by atoms with van der Waals surface area (Å²) in [4.78, 5) is -0.228. The van der Waals surface area contributed by atoms with Crippen molar-refractivity contribution in [3.8, 4) is 0 Å². The topological polar surface area (TPSA) is 49.4 Å². The minimum atomic E-state index is -3.84. The Labute approximate surface area is 134 Å². The first kappa shape index (κ1) is 17.0. The number of halogens is 3. The van der Waals surface area contributed by atoms with E-state index in [-0.39, 0.29) is 16.0 Å². The van der Waals surface area contributed by atoms with Gasteiger partial charge < -0.3 is 5.32 Å². The van der Waals surface area contributed by atoms with Crippen molar-refractivity contribution < 1.29 is 12.8 Å². The van der Waals surface area contributed by atoms with Crippen LogP contribution in [0.25, 0.3) is 0 Å². The summed E-state index contributed by atoms with van der Waals surface area (Å²) in [6.45, 7) is 0.960. The van der Waals surface area contributed by atoms with Crippen LogP contribution in [0.1, 0.15) is 19.3 Å². The molecule has 1 atom stereocenters. The van der Waals surface area contributed by atoms with Crippen LogP contribution in [0.2, 0.25) is 10.0 Å². The van der Waals surface area contributed by atoms with Crippen molar-refractivity contribution >= 4 is 33.2 Å². The van der Waals surface area contributed by atoms with E-state index >= 15 is 0 Å². The average molecular weight is 355 g/mol. The fraction of sp³-hybridized carbons (Fsp3) is 0.538. The van der Waals surface area contributed by atoms with Crippen molar-refractivity contribution in [1.82, 2.24) is 9.62 Å². The first-order valence-electron chi connectivity index (χ1n) is 6.69. The summed E-state index contributed by atoms with van der Waals surface area (Å²) in [6.07, 6.45) is 2.53. The van der Waals surface area contributed by atoms with Gasteiger partial charge in [-0.15, -0.1) is 0 Å². The maximum absolute atomic E-state index is 13.8. The molecule has 0 radical (unpaired) electrons. The Hall–Kier alpha value is -0.400. The quantitative estimate of drug-likeness (QED) is 0.845. The Balaban J connectivity index is 2.43. The van der Waals surface area contributed by atoms with E-state index in [1.54, 1.807) is 7.05 Å². The molecule has 1 heterocycles. The minimum absolute atomic E-state index is 0.149. The Morgan fingerprint density at radius 3 is 2.76 bits per heavy atom. The van der Waals surface area contributed by atoms with Gasteiger partial charge in [0.05, 0.1) is 10.0 Å². The molecule has 118 valence electrons. The second-order valence-corrected chi connectivity index (χ2v) is 7.64. The summed E-state index contributed by atoms with van der Waals surface area (Å²) >= 11 is 11.5. The van der Waals surface area contributed by atoms with Gasteiger partial charge in [-0.2, -0.15) is 4.31 Å². The number of sulfonamides is 1. The van der Waals surface area contributed by atoms with E-state index in [0.29, 0.717) is 13.1 Å². The molecule has 1 aliphatic rings. The van der Waals surface area contributed by atoms with Crippen LogP contribution in [0.15, 0.2) is 17.0 Å². The van der Waals surface area contributed by atoms with Crippen molar-refractivity contribution in [3.63, 3.8) is 0 Å². The molecule has 0 bridgehead atoms. The minimum Gasteiger partial charge on any atom is -0.318 e. The molecular weight excluding hydrogens is 338 g/mol. The van der Waals surface area contributed by atoms with Gasteiger partial charge in [-0.3, -0.25) is 0 Å². The molecule has 1 unspecified atom stereocenters. The fourth-order valence-corrected chi connectivity index (χ4v) is 4.98. The number of nitrogens with zero attached hydrogens (tertiary/aromatic N) is 1. The predicted octanol–water partition coefficient (Wildman–Crippen LogP) is 2.90. The van der Waals surface area contributed by atoms with Crippen LogP contribution in [0, 0.1) is 5.82 Å². The molecule has 1 aromatic rings. The molecule has 0 amide bonds. The molecular formula is C13H17Cl2FN2O2S. The van der Waals surface area contributed by atoms with Gasteiger partial charge in [-0.05, 0) is 32.0 Å². The van der Waals surface area contributed by atoms with E-state index in [0.717, 1.165) is 19.3 Å². The van der Waals surface area contributed by atoms with E-state index in [1.165, 1.54) is 16.4 Å². The second-order valence-electron chi connectivity index (χ2n) is 5.00. The summed E-state index contributed by atoms with van der Waals surface area (Å²) < 4.78 is 40.7. The zero-order valence-electron chi connectivity index (χ0n) is 11.6. The zero-order chi connectivity index (χ0) is 15.6. The first-order valence-corrected chi connectivity index (χ1v) is 8.89. The van der Waals surface area contributed by atoms with Crippen LogP contribution in [0.3, 0.4) is 0 Å². The summed E-state index contributed by atoms with van der Waals surface area (Å²) in [5.74, 6) is -0.901. The van der Waals surface area contributed by atoms with Gasteiger partial charge in [0.2, 0.25) is 10.0 Å². The molecule has 1 aromatic carbocycles.